The van der Waals surface area contributed by atoms with Gasteiger partial charge in [0.15, 0.2) is 5.82 Å². The van der Waals surface area contributed by atoms with Crippen molar-refractivity contribution in [3.05, 3.63) is 66.4 Å². The minimum absolute atomic E-state index is 0.00297. The normalized spacial score (nSPS) is 16.7. The summed E-state index contributed by atoms with van der Waals surface area (Å²) in [4.78, 5) is 15.3. The van der Waals surface area contributed by atoms with E-state index in [-0.39, 0.29) is 5.91 Å². The van der Waals surface area contributed by atoms with E-state index in [0.717, 1.165) is 67.5 Å². The van der Waals surface area contributed by atoms with Crippen LogP contribution >= 0.6 is 0 Å². The van der Waals surface area contributed by atoms with Gasteiger partial charge in [-0.2, -0.15) is 5.10 Å². The van der Waals surface area contributed by atoms with E-state index < -0.39 is 5.41 Å². The first kappa shape index (κ1) is 21.2. The molecule has 2 fully saturated rings. The maximum absolute atomic E-state index is 13.1. The Balaban J connectivity index is 1.25. The third kappa shape index (κ3) is 4.47. The van der Waals surface area contributed by atoms with Crippen molar-refractivity contribution < 1.29 is 14.3 Å². The van der Waals surface area contributed by atoms with Crippen LogP contribution in [-0.2, 0) is 14.9 Å². The second-order valence-electron chi connectivity index (χ2n) is 8.34. The molecule has 1 amide bonds. The molecule has 0 atom stereocenters. The number of para-hydroxylation sites is 1. The topological polar surface area (TPSA) is 88.6 Å². The lowest BCUT2D eigenvalue weighted by Gasteiger charge is -2.28. The molecule has 5 rings (SSSR count). The lowest BCUT2D eigenvalue weighted by molar-refractivity contribution is -0.118. The van der Waals surface area contributed by atoms with Gasteiger partial charge in [0.25, 0.3) is 0 Å². The molecule has 2 N–H and O–H groups in total. The second kappa shape index (κ2) is 9.07. The number of amides is 1. The number of hydrogen-bond acceptors (Lipinski definition) is 7. The van der Waals surface area contributed by atoms with E-state index >= 15 is 0 Å². The number of rotatable bonds is 7. The minimum atomic E-state index is -0.515. The van der Waals surface area contributed by atoms with Crippen molar-refractivity contribution in [1.29, 1.82) is 0 Å². The van der Waals surface area contributed by atoms with Gasteiger partial charge in [-0.25, -0.2) is 0 Å². The molecule has 3 aromatic rings. The SMILES string of the molecule is COc1ccccc1C1(C(=O)Nc2ccc(Nc3cc(N4CCOCC4)cnn3)cc2)CC1. The van der Waals surface area contributed by atoms with E-state index in [2.05, 4.69) is 25.7 Å². The van der Waals surface area contributed by atoms with E-state index in [1.165, 1.54) is 0 Å². The Morgan fingerprint density at radius 2 is 1.79 bits per heavy atom. The summed E-state index contributed by atoms with van der Waals surface area (Å²) in [7, 11) is 1.64. The van der Waals surface area contributed by atoms with Gasteiger partial charge in [-0.3, -0.25) is 4.79 Å². The number of nitrogens with one attached hydrogen (secondary N) is 2. The lowest BCUT2D eigenvalue weighted by atomic mass is 9.94. The van der Waals surface area contributed by atoms with Crippen LogP contribution in [0.1, 0.15) is 18.4 Å². The summed E-state index contributed by atoms with van der Waals surface area (Å²) < 4.78 is 10.9. The average molecular weight is 446 g/mol. The van der Waals surface area contributed by atoms with Crippen molar-refractivity contribution in [2.24, 2.45) is 0 Å². The zero-order chi connectivity index (χ0) is 22.7. The van der Waals surface area contributed by atoms with Crippen molar-refractivity contribution in [2.45, 2.75) is 18.3 Å². The number of nitrogens with zero attached hydrogens (tertiary/aromatic N) is 3. The standard InChI is InChI=1S/C25H27N5O3/c1-32-22-5-3-2-4-21(22)25(10-11-25)24(31)28-19-8-6-18(7-9-19)27-23-16-20(17-26-29-23)30-12-14-33-15-13-30/h2-9,16-17H,10-15H2,1H3,(H,27,29)(H,28,31). The number of carbonyl (C=O) groups is 1. The number of hydrogen-bond donors (Lipinski definition) is 2. The maximum atomic E-state index is 13.1. The fourth-order valence-electron chi connectivity index (χ4n) is 4.23. The number of morpholine rings is 1. The van der Waals surface area contributed by atoms with Gasteiger partial charge in [0.2, 0.25) is 5.91 Å². The number of carbonyl (C=O) groups excluding carboxylic acids is 1. The summed E-state index contributed by atoms with van der Waals surface area (Å²) >= 11 is 0. The molecule has 1 saturated carbocycles. The van der Waals surface area contributed by atoms with Crippen LogP contribution in [0, 0.1) is 0 Å². The summed E-state index contributed by atoms with van der Waals surface area (Å²) in [5.74, 6) is 1.42. The lowest BCUT2D eigenvalue weighted by Crippen LogP contribution is -2.36. The molecule has 0 unspecified atom stereocenters. The van der Waals surface area contributed by atoms with Gasteiger partial charge >= 0.3 is 0 Å². The molecule has 0 spiro atoms. The van der Waals surface area contributed by atoms with E-state index in [4.69, 9.17) is 9.47 Å². The Morgan fingerprint density at radius 1 is 1.06 bits per heavy atom. The van der Waals surface area contributed by atoms with Crippen LogP contribution in [0.5, 0.6) is 5.75 Å². The molecule has 33 heavy (non-hydrogen) atoms. The first-order valence-corrected chi connectivity index (χ1v) is 11.2. The fourth-order valence-corrected chi connectivity index (χ4v) is 4.23. The van der Waals surface area contributed by atoms with Crippen molar-refractivity contribution in [3.8, 4) is 5.75 Å². The smallest absolute Gasteiger partial charge is 0.235 e. The fraction of sp³-hybridized carbons (Fsp3) is 0.320. The first-order chi connectivity index (χ1) is 16.2. The van der Waals surface area contributed by atoms with Crippen molar-refractivity contribution >= 4 is 28.8 Å². The van der Waals surface area contributed by atoms with Crippen LogP contribution in [0.15, 0.2) is 60.8 Å². The van der Waals surface area contributed by atoms with Crippen molar-refractivity contribution in [2.75, 3.05) is 48.9 Å². The zero-order valence-corrected chi connectivity index (χ0v) is 18.6. The van der Waals surface area contributed by atoms with E-state index in [9.17, 15) is 4.79 Å². The third-order valence-electron chi connectivity index (χ3n) is 6.24. The van der Waals surface area contributed by atoms with Gasteiger partial charge in [0.05, 0.1) is 37.6 Å². The predicted molar refractivity (Wildman–Crippen MR) is 127 cm³/mol. The summed E-state index contributed by atoms with van der Waals surface area (Å²) in [6.45, 7) is 3.12. The Labute approximate surface area is 192 Å². The molecule has 2 heterocycles. The number of ether oxygens (including phenoxy) is 2. The van der Waals surface area contributed by atoms with E-state index in [0.29, 0.717) is 5.82 Å². The molecule has 2 aromatic carbocycles. The minimum Gasteiger partial charge on any atom is -0.496 e. The predicted octanol–water partition coefficient (Wildman–Crippen LogP) is 3.74. The van der Waals surface area contributed by atoms with Gasteiger partial charge in [-0.1, -0.05) is 18.2 Å². The molecule has 1 saturated heterocycles. The molecular formula is C25H27N5O3. The average Bonchev–Trinajstić information content (AvgIpc) is 3.68. The van der Waals surface area contributed by atoms with Gasteiger partial charge in [-0.15, -0.1) is 5.10 Å². The van der Waals surface area contributed by atoms with Gasteiger partial charge < -0.3 is 25.0 Å². The molecule has 0 radical (unpaired) electrons. The van der Waals surface area contributed by atoms with Crippen LogP contribution in [0.4, 0.5) is 22.9 Å². The number of anilines is 4. The quantitative estimate of drug-likeness (QED) is 0.573. The third-order valence-corrected chi connectivity index (χ3v) is 6.24. The largest absolute Gasteiger partial charge is 0.496 e. The molecule has 8 heteroatoms. The van der Waals surface area contributed by atoms with Crippen LogP contribution in [-0.4, -0.2) is 49.5 Å². The van der Waals surface area contributed by atoms with E-state index in [1.807, 2.05) is 54.6 Å². The summed E-state index contributed by atoms with van der Waals surface area (Å²) in [6, 6.07) is 17.3. The maximum Gasteiger partial charge on any atom is 0.235 e. The highest BCUT2D eigenvalue weighted by molar-refractivity contribution is 6.02. The number of benzene rings is 2. The summed E-state index contributed by atoms with van der Waals surface area (Å²) in [6.07, 6.45) is 3.40. The van der Waals surface area contributed by atoms with Gasteiger partial charge in [0, 0.05) is 36.1 Å². The number of aromatic nitrogens is 2. The molecule has 1 aliphatic carbocycles. The second-order valence-corrected chi connectivity index (χ2v) is 8.34. The number of methoxy groups -OCH3 is 1. The molecule has 1 aliphatic heterocycles. The highest BCUT2D eigenvalue weighted by Crippen LogP contribution is 2.52. The van der Waals surface area contributed by atoms with Gasteiger partial charge in [-0.05, 0) is 43.2 Å². The molecular weight excluding hydrogens is 418 g/mol. The van der Waals surface area contributed by atoms with Crippen LogP contribution in [0.3, 0.4) is 0 Å². The molecule has 2 aliphatic rings. The van der Waals surface area contributed by atoms with Crippen LogP contribution in [0.2, 0.25) is 0 Å². The Bertz CT molecular complexity index is 1120. The van der Waals surface area contributed by atoms with E-state index in [1.54, 1.807) is 13.3 Å². The highest BCUT2D eigenvalue weighted by atomic mass is 16.5. The zero-order valence-electron chi connectivity index (χ0n) is 18.6. The first-order valence-electron chi connectivity index (χ1n) is 11.2. The Morgan fingerprint density at radius 3 is 2.52 bits per heavy atom. The van der Waals surface area contributed by atoms with Crippen LogP contribution in [0.25, 0.3) is 0 Å². The molecule has 170 valence electrons. The van der Waals surface area contributed by atoms with Crippen LogP contribution < -0.4 is 20.3 Å². The monoisotopic (exact) mass is 445 g/mol. The highest BCUT2D eigenvalue weighted by Gasteiger charge is 2.52. The van der Waals surface area contributed by atoms with Gasteiger partial charge in [0.1, 0.15) is 5.75 Å². The van der Waals surface area contributed by atoms with Crippen molar-refractivity contribution in [3.63, 3.8) is 0 Å². The molecule has 1 aromatic heterocycles. The molecule has 8 nitrogen and oxygen atoms in total. The Kier molecular flexibility index (Phi) is 5.83. The summed E-state index contributed by atoms with van der Waals surface area (Å²) in [5.41, 5.74) is 3.07. The van der Waals surface area contributed by atoms with Crippen molar-refractivity contribution in [1.82, 2.24) is 10.2 Å². The Hall–Kier alpha value is -3.65. The molecule has 0 bridgehead atoms. The summed E-state index contributed by atoms with van der Waals surface area (Å²) in [5, 5.41) is 14.7.